The number of methoxy groups -OCH3 is 1. The molecule has 0 aromatic heterocycles. The van der Waals surface area contributed by atoms with Gasteiger partial charge in [0.25, 0.3) is 0 Å². The molecule has 0 saturated carbocycles. The Morgan fingerprint density at radius 1 is 0.955 bits per heavy atom. The van der Waals surface area contributed by atoms with Crippen LogP contribution in [0.5, 0.6) is 5.75 Å². The van der Waals surface area contributed by atoms with Crippen LogP contribution in [0.15, 0.2) is 46.9 Å². The van der Waals surface area contributed by atoms with Crippen molar-refractivity contribution in [2.24, 2.45) is 0 Å². The van der Waals surface area contributed by atoms with Crippen LogP contribution in [0.25, 0.3) is 0 Å². The Morgan fingerprint density at radius 3 is 2.09 bits per heavy atom. The van der Waals surface area contributed by atoms with Crippen molar-refractivity contribution in [1.29, 1.82) is 0 Å². The molecule has 0 bridgehead atoms. The molecule has 8 nitrogen and oxygen atoms in total. The maximum Gasteiger partial charge on any atom is 0.306 e. The minimum atomic E-state index is -3.86. The van der Waals surface area contributed by atoms with Gasteiger partial charge in [0, 0.05) is 39.8 Å². The Morgan fingerprint density at radius 2 is 1.55 bits per heavy atom. The summed E-state index contributed by atoms with van der Waals surface area (Å²) < 4.78 is 53.0. The van der Waals surface area contributed by atoms with Crippen molar-refractivity contribution in [2.45, 2.75) is 82.7 Å². The third kappa shape index (κ3) is 12.0. The van der Waals surface area contributed by atoms with E-state index in [1.165, 1.54) is 22.5 Å². The maximum atomic E-state index is 13.8. The topological polar surface area (TPSA) is 91.4 Å². The van der Waals surface area contributed by atoms with Gasteiger partial charge in [0.1, 0.15) is 25.3 Å². The lowest BCUT2D eigenvalue weighted by Crippen LogP contribution is -2.39. The van der Waals surface area contributed by atoms with Crippen LogP contribution in [-0.4, -0.2) is 74.4 Å². The average molecular weight is 729 g/mol. The van der Waals surface area contributed by atoms with Crippen LogP contribution >= 0.6 is 15.9 Å². The maximum absolute atomic E-state index is 13.8. The number of sulfonamides is 1. The second-order valence-corrected chi connectivity index (χ2v) is 28.0. The fourth-order valence-corrected chi connectivity index (χ4v) is 8.47. The van der Waals surface area contributed by atoms with E-state index >= 15 is 0 Å². The molecule has 0 N–H and O–H groups in total. The van der Waals surface area contributed by atoms with Gasteiger partial charge in [-0.2, -0.15) is 4.31 Å². The minimum Gasteiger partial charge on any atom is -0.486 e. The largest absolute Gasteiger partial charge is 0.486 e. The summed E-state index contributed by atoms with van der Waals surface area (Å²) in [6.07, 6.45) is 1.72. The lowest BCUT2D eigenvalue weighted by atomic mass is 9.97. The fourth-order valence-electron chi connectivity index (χ4n) is 4.88. The monoisotopic (exact) mass is 727 g/mol. The molecule has 1 aliphatic carbocycles. The summed E-state index contributed by atoms with van der Waals surface area (Å²) in [4.78, 5) is 12.4. The molecular weight excluding hydrogens is 678 g/mol. The van der Waals surface area contributed by atoms with Crippen molar-refractivity contribution < 1.29 is 32.2 Å². The number of rotatable bonds is 18. The molecular formula is C32H50BrNO7SSi2. The molecule has 1 unspecified atom stereocenters. The first-order chi connectivity index (χ1) is 20.6. The molecule has 2 aromatic carbocycles. The zero-order valence-electron chi connectivity index (χ0n) is 27.4. The highest BCUT2D eigenvalue weighted by atomic mass is 79.9. The number of carbonyl (C=O) groups excluding carboxylic acids is 1. The first-order valence-electron chi connectivity index (χ1n) is 15.3. The van der Waals surface area contributed by atoms with Crippen molar-refractivity contribution >= 4 is 48.1 Å². The van der Waals surface area contributed by atoms with Crippen LogP contribution in [0.1, 0.15) is 41.6 Å². The van der Waals surface area contributed by atoms with E-state index in [9.17, 15) is 13.2 Å². The number of hydrogen-bond acceptors (Lipinski definition) is 7. The Kier molecular flexibility index (Phi) is 13.7. The van der Waals surface area contributed by atoms with Crippen molar-refractivity contribution in [2.75, 3.05) is 39.5 Å². The van der Waals surface area contributed by atoms with E-state index in [0.29, 0.717) is 19.0 Å². The highest BCUT2D eigenvalue weighted by molar-refractivity contribution is 9.10. The summed E-state index contributed by atoms with van der Waals surface area (Å²) >= 11 is 3.64. The second-order valence-electron chi connectivity index (χ2n) is 13.9. The number of benzene rings is 2. The normalized spacial score (nSPS) is 16.2. The van der Waals surface area contributed by atoms with Gasteiger partial charge in [-0.15, -0.1) is 0 Å². The van der Waals surface area contributed by atoms with Gasteiger partial charge in [0.15, 0.2) is 0 Å². The Bertz CT molecular complexity index is 1310. The van der Waals surface area contributed by atoms with Gasteiger partial charge in [-0.25, -0.2) is 8.42 Å². The van der Waals surface area contributed by atoms with Gasteiger partial charge in [-0.3, -0.25) is 4.79 Å². The van der Waals surface area contributed by atoms with Crippen LogP contribution in [0.2, 0.25) is 51.4 Å². The Balaban J connectivity index is 1.74. The first-order valence-corrected chi connectivity index (χ1v) is 25.1. The molecule has 12 heteroatoms. The molecule has 0 radical (unpaired) electrons. The minimum absolute atomic E-state index is 0.0462. The van der Waals surface area contributed by atoms with E-state index in [0.717, 1.165) is 35.0 Å². The van der Waals surface area contributed by atoms with Crippen molar-refractivity contribution in [3.05, 3.63) is 63.6 Å². The quantitative estimate of drug-likeness (QED) is 0.0683. The smallest absolute Gasteiger partial charge is 0.306 e. The molecule has 246 valence electrons. The highest BCUT2D eigenvalue weighted by Crippen LogP contribution is 2.38. The third-order valence-corrected chi connectivity index (χ3v) is 13.7. The second kappa shape index (κ2) is 16.3. The summed E-state index contributed by atoms with van der Waals surface area (Å²) in [7, 11) is -5.23. The van der Waals surface area contributed by atoms with Crippen molar-refractivity contribution in [3.8, 4) is 5.75 Å². The summed E-state index contributed by atoms with van der Waals surface area (Å²) in [6, 6.07) is 15.4. The molecule has 0 spiro atoms. The number of nitrogens with zero attached hydrogens (tertiary/aromatic N) is 1. The van der Waals surface area contributed by atoms with Crippen LogP contribution in [0.4, 0.5) is 0 Å². The van der Waals surface area contributed by atoms with E-state index in [1.807, 2.05) is 36.4 Å². The lowest BCUT2D eigenvalue weighted by molar-refractivity contribution is -0.140. The number of ether oxygens (including phenoxy) is 4. The number of hydrogen-bond donors (Lipinski definition) is 0. The first kappa shape index (κ1) is 36.9. The van der Waals surface area contributed by atoms with Gasteiger partial charge in [-0.1, -0.05) is 79.5 Å². The van der Waals surface area contributed by atoms with Crippen molar-refractivity contribution in [1.82, 2.24) is 4.31 Å². The predicted molar refractivity (Wildman–Crippen MR) is 185 cm³/mol. The Hall–Kier alpha value is -1.55. The van der Waals surface area contributed by atoms with Gasteiger partial charge in [-0.05, 0) is 59.8 Å². The molecule has 0 heterocycles. The zero-order valence-corrected chi connectivity index (χ0v) is 31.8. The highest BCUT2D eigenvalue weighted by Gasteiger charge is 2.30. The SMILES string of the molecule is COC(=O)CC(CS(=O)(=O)N(COCC[Si](C)(C)C)COCC[Si](C)(C)C)c1ccc(O[C@@H]2CCc3c(Br)cccc32)cc1. The molecule has 0 aliphatic heterocycles. The van der Waals surface area contributed by atoms with E-state index in [1.54, 1.807) is 0 Å². The molecule has 0 amide bonds. The van der Waals surface area contributed by atoms with Gasteiger partial charge in [0.2, 0.25) is 10.0 Å². The van der Waals surface area contributed by atoms with E-state index in [4.69, 9.17) is 18.9 Å². The lowest BCUT2D eigenvalue weighted by Gasteiger charge is -2.26. The van der Waals surface area contributed by atoms with Crippen LogP contribution in [0, 0.1) is 0 Å². The van der Waals surface area contributed by atoms with Crippen LogP contribution < -0.4 is 4.74 Å². The Labute approximate surface area is 275 Å². The third-order valence-electron chi connectivity index (χ3n) is 7.70. The number of halogens is 1. The summed E-state index contributed by atoms with van der Waals surface area (Å²) in [5.74, 6) is -0.667. The fraction of sp³-hybridized carbons (Fsp3) is 0.594. The molecule has 2 aromatic rings. The van der Waals surface area contributed by atoms with Gasteiger partial charge >= 0.3 is 5.97 Å². The number of fused-ring (bicyclic) bond motifs is 1. The van der Waals surface area contributed by atoms with E-state index in [-0.39, 0.29) is 31.7 Å². The number of carbonyl (C=O) groups is 1. The summed E-state index contributed by atoms with van der Waals surface area (Å²) in [5, 5.41) is 0. The standard InChI is InChI=1S/C32H50BrNO7SSi2/c1-38-32(35)21-26(25-11-13-27(14-12-25)41-31-16-15-28-29(31)9-8-10-30(28)33)22-42(36,37)34(23-39-17-19-43(2,3)4)24-40-18-20-44(5,6)7/h8-14,26,31H,15-24H2,1-7H3/t26?,31-/m1/s1. The zero-order chi connectivity index (χ0) is 32.5. The summed E-state index contributed by atoms with van der Waals surface area (Å²) in [5.41, 5.74) is 3.17. The molecule has 0 fully saturated rings. The molecule has 0 saturated heterocycles. The number of esters is 1. The molecule has 44 heavy (non-hydrogen) atoms. The van der Waals surface area contributed by atoms with E-state index in [2.05, 4.69) is 61.3 Å². The summed E-state index contributed by atoms with van der Waals surface area (Å²) in [6.45, 7) is 14.3. The van der Waals surface area contributed by atoms with E-state index < -0.39 is 38.1 Å². The predicted octanol–water partition coefficient (Wildman–Crippen LogP) is 7.42. The molecule has 3 rings (SSSR count). The molecule has 2 atom stereocenters. The molecule has 1 aliphatic rings. The van der Waals surface area contributed by atoms with Gasteiger partial charge in [0.05, 0.1) is 19.3 Å². The van der Waals surface area contributed by atoms with Gasteiger partial charge < -0.3 is 18.9 Å². The van der Waals surface area contributed by atoms with Crippen molar-refractivity contribution in [3.63, 3.8) is 0 Å². The van der Waals surface area contributed by atoms with Crippen LogP contribution in [0.3, 0.4) is 0 Å². The average Bonchev–Trinajstić information content (AvgIpc) is 3.34. The van der Waals surface area contributed by atoms with Crippen LogP contribution in [-0.2, 0) is 35.4 Å².